The number of aliphatic hydroxyl groups excluding tert-OH is 1. The number of aliphatic hydroxyl groups is 1. The van der Waals surface area contributed by atoms with Crippen molar-refractivity contribution in [2.24, 2.45) is 0 Å². The first-order chi connectivity index (χ1) is 11.7. The van der Waals surface area contributed by atoms with E-state index in [1.165, 1.54) is 0 Å². The molecule has 3 rings (SSSR count). The molecule has 2 aliphatic rings. The number of hydrogen-bond donors (Lipinski definition) is 1. The second-order valence-corrected chi connectivity index (χ2v) is 6.53. The van der Waals surface area contributed by atoms with Gasteiger partial charge in [-0.25, -0.2) is 0 Å². The first kappa shape index (κ1) is 17.4. The zero-order valence-corrected chi connectivity index (χ0v) is 14.1. The molecule has 0 saturated carbocycles. The molecule has 2 heterocycles. The Labute approximate surface area is 143 Å². The number of β-amino-alcohol motifs (C(OH)–C–C–N with tert-alkyl or cyclic N) is 1. The monoisotopic (exact) mass is 333 g/mol. The Kier molecular flexibility index (Phi) is 6.20. The zero-order valence-electron chi connectivity index (χ0n) is 14.1. The number of hydrogen-bond acceptors (Lipinski definition) is 5. The maximum Gasteiger partial charge on any atom is 0.253 e. The van der Waals surface area contributed by atoms with Gasteiger partial charge in [0.15, 0.2) is 0 Å². The minimum absolute atomic E-state index is 0.101. The van der Waals surface area contributed by atoms with Crippen molar-refractivity contribution in [2.75, 3.05) is 65.6 Å². The lowest BCUT2D eigenvalue weighted by Crippen LogP contribution is -2.52. The van der Waals surface area contributed by atoms with Gasteiger partial charge < -0.3 is 14.7 Å². The molecule has 2 aliphatic heterocycles. The van der Waals surface area contributed by atoms with Crippen LogP contribution in [0, 0.1) is 0 Å². The Morgan fingerprint density at radius 3 is 2.17 bits per heavy atom. The third-order valence-electron chi connectivity index (χ3n) is 4.72. The molecule has 1 N–H and O–H groups in total. The van der Waals surface area contributed by atoms with Crippen molar-refractivity contribution in [3.63, 3.8) is 0 Å². The van der Waals surface area contributed by atoms with Crippen LogP contribution in [0.25, 0.3) is 0 Å². The summed E-state index contributed by atoms with van der Waals surface area (Å²) in [5.74, 6) is 0.101. The average Bonchev–Trinajstić information content (AvgIpc) is 2.63. The fourth-order valence-corrected chi connectivity index (χ4v) is 3.33. The summed E-state index contributed by atoms with van der Waals surface area (Å²) >= 11 is 0. The number of ether oxygens (including phenoxy) is 1. The van der Waals surface area contributed by atoms with E-state index in [4.69, 9.17) is 4.74 Å². The lowest BCUT2D eigenvalue weighted by Gasteiger charge is -2.36. The highest BCUT2D eigenvalue weighted by Crippen LogP contribution is 2.09. The molecule has 132 valence electrons. The van der Waals surface area contributed by atoms with Crippen molar-refractivity contribution < 1.29 is 14.6 Å². The molecule has 0 aliphatic carbocycles. The molecule has 1 unspecified atom stereocenters. The van der Waals surface area contributed by atoms with Crippen LogP contribution in [0.1, 0.15) is 10.4 Å². The van der Waals surface area contributed by atoms with E-state index in [1.807, 2.05) is 35.2 Å². The quantitative estimate of drug-likeness (QED) is 0.831. The Hall–Kier alpha value is -1.47. The summed E-state index contributed by atoms with van der Waals surface area (Å²) in [5.41, 5.74) is 0.748. The molecule has 24 heavy (non-hydrogen) atoms. The molecule has 0 aromatic heterocycles. The fourth-order valence-electron chi connectivity index (χ4n) is 3.33. The number of amides is 1. The molecule has 1 aromatic carbocycles. The molecule has 1 amide bonds. The van der Waals surface area contributed by atoms with Gasteiger partial charge in [0.2, 0.25) is 0 Å². The molecule has 0 radical (unpaired) electrons. The summed E-state index contributed by atoms with van der Waals surface area (Å²) in [7, 11) is 0. The van der Waals surface area contributed by atoms with E-state index >= 15 is 0 Å². The van der Waals surface area contributed by atoms with Gasteiger partial charge in [0.25, 0.3) is 5.91 Å². The minimum Gasteiger partial charge on any atom is -0.390 e. The van der Waals surface area contributed by atoms with Gasteiger partial charge in [-0.1, -0.05) is 18.2 Å². The molecule has 0 spiro atoms. The second-order valence-electron chi connectivity index (χ2n) is 6.53. The maximum absolute atomic E-state index is 12.4. The normalized spacial score (nSPS) is 21.6. The van der Waals surface area contributed by atoms with E-state index in [1.54, 1.807) is 0 Å². The Morgan fingerprint density at radius 2 is 1.54 bits per heavy atom. The summed E-state index contributed by atoms with van der Waals surface area (Å²) in [4.78, 5) is 18.8. The van der Waals surface area contributed by atoms with E-state index in [0.29, 0.717) is 13.1 Å². The standard InChI is InChI=1S/C18H27N3O3/c22-17(15-20-10-12-24-13-11-20)14-19-6-8-21(9-7-19)18(23)16-4-2-1-3-5-16/h1-5,17,22H,6-15H2. The molecule has 1 atom stereocenters. The first-order valence-corrected chi connectivity index (χ1v) is 8.77. The van der Waals surface area contributed by atoms with Crippen LogP contribution in [0.2, 0.25) is 0 Å². The number of nitrogens with zero attached hydrogens (tertiary/aromatic N) is 3. The predicted molar refractivity (Wildman–Crippen MR) is 92.1 cm³/mol. The maximum atomic E-state index is 12.4. The van der Waals surface area contributed by atoms with Crippen LogP contribution < -0.4 is 0 Å². The molecule has 6 nitrogen and oxygen atoms in total. The molecule has 2 fully saturated rings. The highest BCUT2D eigenvalue weighted by atomic mass is 16.5. The summed E-state index contributed by atoms with van der Waals surface area (Å²) in [6.07, 6.45) is -0.348. The van der Waals surface area contributed by atoms with E-state index in [2.05, 4.69) is 9.80 Å². The number of morpholine rings is 1. The summed E-state index contributed by atoms with van der Waals surface area (Å²) < 4.78 is 5.33. The van der Waals surface area contributed by atoms with Crippen LogP contribution in [-0.2, 0) is 4.74 Å². The Balaban J connectivity index is 1.41. The summed E-state index contributed by atoms with van der Waals surface area (Å²) in [5, 5.41) is 10.3. The Bertz CT molecular complexity index is 512. The van der Waals surface area contributed by atoms with Crippen molar-refractivity contribution in [3.05, 3.63) is 35.9 Å². The van der Waals surface area contributed by atoms with Crippen molar-refractivity contribution >= 4 is 5.91 Å². The predicted octanol–water partition coefficient (Wildman–Crippen LogP) is 0.138. The SMILES string of the molecule is O=C(c1ccccc1)N1CCN(CC(O)CN2CCOCC2)CC1. The van der Waals surface area contributed by atoms with Crippen LogP contribution in [0.15, 0.2) is 30.3 Å². The van der Waals surface area contributed by atoms with Crippen molar-refractivity contribution in [1.29, 1.82) is 0 Å². The summed E-state index contributed by atoms with van der Waals surface area (Å²) in [6, 6.07) is 9.43. The molecule has 6 heteroatoms. The van der Waals surface area contributed by atoms with Gasteiger partial charge in [0.05, 0.1) is 19.3 Å². The van der Waals surface area contributed by atoms with Gasteiger partial charge in [-0.15, -0.1) is 0 Å². The van der Waals surface area contributed by atoms with Crippen LogP contribution in [-0.4, -0.2) is 97.4 Å². The van der Waals surface area contributed by atoms with Crippen molar-refractivity contribution in [2.45, 2.75) is 6.10 Å². The lowest BCUT2D eigenvalue weighted by molar-refractivity contribution is 0.00292. The molecule has 1 aromatic rings. The lowest BCUT2D eigenvalue weighted by atomic mass is 10.1. The molecule has 2 saturated heterocycles. The molecular formula is C18H27N3O3. The number of carbonyl (C=O) groups is 1. The number of rotatable bonds is 5. The van der Waals surface area contributed by atoms with Crippen molar-refractivity contribution in [1.82, 2.24) is 14.7 Å². The molecule has 0 bridgehead atoms. The van der Waals surface area contributed by atoms with E-state index in [9.17, 15) is 9.90 Å². The second kappa shape index (κ2) is 8.58. The van der Waals surface area contributed by atoms with E-state index in [-0.39, 0.29) is 12.0 Å². The van der Waals surface area contributed by atoms with Gasteiger partial charge in [0.1, 0.15) is 0 Å². The largest absolute Gasteiger partial charge is 0.390 e. The van der Waals surface area contributed by atoms with Gasteiger partial charge in [-0.05, 0) is 12.1 Å². The van der Waals surface area contributed by atoms with Crippen molar-refractivity contribution in [3.8, 4) is 0 Å². The van der Waals surface area contributed by atoms with E-state index < -0.39 is 0 Å². The highest BCUT2D eigenvalue weighted by molar-refractivity contribution is 5.94. The average molecular weight is 333 g/mol. The Morgan fingerprint density at radius 1 is 0.958 bits per heavy atom. The zero-order chi connectivity index (χ0) is 16.8. The van der Waals surface area contributed by atoms with Crippen LogP contribution >= 0.6 is 0 Å². The minimum atomic E-state index is -0.348. The number of benzene rings is 1. The van der Waals surface area contributed by atoms with Gasteiger partial charge in [-0.3, -0.25) is 14.6 Å². The summed E-state index contributed by atoms with van der Waals surface area (Å²) in [6.45, 7) is 7.76. The first-order valence-electron chi connectivity index (χ1n) is 8.77. The third-order valence-corrected chi connectivity index (χ3v) is 4.72. The van der Waals surface area contributed by atoms with Gasteiger partial charge in [-0.2, -0.15) is 0 Å². The third kappa shape index (κ3) is 4.77. The van der Waals surface area contributed by atoms with Gasteiger partial charge >= 0.3 is 0 Å². The topological polar surface area (TPSA) is 56.2 Å². The van der Waals surface area contributed by atoms with Gasteiger partial charge in [0, 0.05) is 57.9 Å². The van der Waals surface area contributed by atoms with Crippen LogP contribution in [0.5, 0.6) is 0 Å². The van der Waals surface area contributed by atoms with E-state index in [0.717, 1.165) is 58.0 Å². The number of piperazine rings is 1. The smallest absolute Gasteiger partial charge is 0.253 e. The van der Waals surface area contributed by atoms with Crippen LogP contribution in [0.3, 0.4) is 0 Å². The molecular weight excluding hydrogens is 306 g/mol. The highest BCUT2D eigenvalue weighted by Gasteiger charge is 2.24. The van der Waals surface area contributed by atoms with Crippen LogP contribution in [0.4, 0.5) is 0 Å². The number of carbonyl (C=O) groups excluding carboxylic acids is 1. The fraction of sp³-hybridized carbons (Fsp3) is 0.611.